The molecule has 2 heterocycles. The number of hydrogen-bond donors (Lipinski definition) is 1. The number of aliphatic carboxylic acids is 1. The molecule has 1 fully saturated rings. The van der Waals surface area contributed by atoms with Crippen molar-refractivity contribution >= 4 is 11.5 Å². The Balaban J connectivity index is 1.66. The topological polar surface area (TPSA) is 75.8 Å². The Bertz CT molecular complexity index is 974. The van der Waals surface area contributed by atoms with E-state index in [1.54, 1.807) is 6.08 Å². The number of nitrogens with zero attached hydrogens (tertiary/aromatic N) is 2. The molecule has 2 aromatic rings. The molecule has 6 nitrogen and oxygen atoms in total. The predicted molar refractivity (Wildman–Crippen MR) is 121 cm³/mol. The molecule has 164 valence electrons. The summed E-state index contributed by atoms with van der Waals surface area (Å²) in [5, 5.41) is 9.49. The van der Waals surface area contributed by atoms with Crippen LogP contribution in [0.25, 0.3) is 5.57 Å². The lowest BCUT2D eigenvalue weighted by Crippen LogP contribution is -2.43. The molecule has 31 heavy (non-hydrogen) atoms. The van der Waals surface area contributed by atoms with E-state index >= 15 is 0 Å². The number of carbonyl (C=O) groups is 1. The normalized spacial score (nSPS) is 17.7. The van der Waals surface area contributed by atoms with Crippen LogP contribution in [0.5, 0.6) is 5.75 Å². The third-order valence-corrected chi connectivity index (χ3v) is 5.42. The zero-order valence-electron chi connectivity index (χ0n) is 18.2. The van der Waals surface area contributed by atoms with Crippen molar-refractivity contribution in [1.82, 2.24) is 9.88 Å². The average molecular weight is 423 g/mol. The molecule has 0 spiro atoms. The van der Waals surface area contributed by atoms with Crippen LogP contribution in [0.15, 0.2) is 59.6 Å². The molecule has 1 aromatic heterocycles. The maximum Gasteiger partial charge on any atom is 0.320 e. The van der Waals surface area contributed by atoms with Crippen LogP contribution in [-0.2, 0) is 17.9 Å². The molecule has 0 aliphatic carbocycles. The van der Waals surface area contributed by atoms with Crippen LogP contribution in [-0.4, -0.2) is 33.5 Å². The van der Waals surface area contributed by atoms with Gasteiger partial charge in [-0.05, 0) is 57.0 Å². The molecule has 3 rings (SSSR count). The molecule has 1 aliphatic heterocycles. The number of ether oxygens (including phenoxy) is 1. The Kier molecular flexibility index (Phi) is 7.84. The van der Waals surface area contributed by atoms with E-state index in [1.165, 1.54) is 0 Å². The van der Waals surface area contributed by atoms with Crippen molar-refractivity contribution in [2.75, 3.05) is 6.54 Å². The molecule has 1 N–H and O–H groups in total. The highest BCUT2D eigenvalue weighted by atomic mass is 16.5. The number of likely N-dealkylation sites (tertiary alicyclic amines) is 1. The van der Waals surface area contributed by atoms with Crippen molar-refractivity contribution in [2.24, 2.45) is 0 Å². The van der Waals surface area contributed by atoms with Crippen molar-refractivity contribution in [3.8, 4) is 5.75 Å². The first kappa shape index (κ1) is 22.6. The lowest BCUT2D eigenvalue weighted by atomic mass is 10.0. The average Bonchev–Trinajstić information content (AvgIpc) is 3.13. The fraction of sp³-hybridized carbons (Fsp3) is 0.360. The highest BCUT2D eigenvalue weighted by Gasteiger charge is 2.28. The summed E-state index contributed by atoms with van der Waals surface area (Å²) in [6.45, 7) is 9.19. The van der Waals surface area contributed by atoms with E-state index in [1.807, 2.05) is 61.2 Å². The van der Waals surface area contributed by atoms with E-state index < -0.39 is 12.0 Å². The van der Waals surface area contributed by atoms with E-state index in [4.69, 9.17) is 9.15 Å². The Hall–Kier alpha value is -3.12. The number of oxazole rings is 1. The van der Waals surface area contributed by atoms with E-state index in [0.717, 1.165) is 47.7 Å². The molecule has 1 aliphatic rings. The SMILES string of the molecule is C=C/C=C\C(=C/C)c1nc(COc2cccc(CN3CCCCC3C(=O)O)c2)c(C)o1. The smallest absolute Gasteiger partial charge is 0.320 e. The standard InChI is InChI=1S/C25H30N2O4/c1-4-6-11-20(5-2)24-26-22(18(3)31-24)17-30-21-12-9-10-19(15-21)16-27-14-8-7-13-23(27)25(28)29/h4-6,9-12,15,23H,1,7-8,13-14,16-17H2,2-3H3,(H,28,29)/b11-6-,20-5+. The van der Waals surface area contributed by atoms with Gasteiger partial charge in [-0.25, -0.2) is 4.98 Å². The van der Waals surface area contributed by atoms with Crippen molar-refractivity contribution < 1.29 is 19.1 Å². The third kappa shape index (κ3) is 5.95. The van der Waals surface area contributed by atoms with Crippen molar-refractivity contribution in [3.63, 3.8) is 0 Å². The fourth-order valence-electron chi connectivity index (χ4n) is 3.73. The monoisotopic (exact) mass is 422 g/mol. The van der Waals surface area contributed by atoms with E-state index in [0.29, 0.717) is 25.5 Å². The van der Waals surface area contributed by atoms with Gasteiger partial charge in [-0.2, -0.15) is 0 Å². The summed E-state index contributed by atoms with van der Waals surface area (Å²) in [4.78, 5) is 18.2. The molecule has 1 atom stereocenters. The summed E-state index contributed by atoms with van der Waals surface area (Å²) in [6, 6.07) is 7.39. The van der Waals surface area contributed by atoms with Gasteiger partial charge in [-0.15, -0.1) is 0 Å². The Morgan fingerprint density at radius 2 is 2.26 bits per heavy atom. The van der Waals surface area contributed by atoms with Gasteiger partial charge in [0.05, 0.1) is 0 Å². The van der Waals surface area contributed by atoms with Crippen LogP contribution in [0.1, 0.15) is 49.1 Å². The van der Waals surface area contributed by atoms with Crippen LogP contribution >= 0.6 is 0 Å². The quantitative estimate of drug-likeness (QED) is 0.564. The second kappa shape index (κ2) is 10.8. The molecule has 0 saturated carbocycles. The van der Waals surface area contributed by atoms with Crippen LogP contribution in [0.3, 0.4) is 0 Å². The lowest BCUT2D eigenvalue weighted by Gasteiger charge is -2.32. The fourth-order valence-corrected chi connectivity index (χ4v) is 3.73. The number of carboxylic acids is 1. The third-order valence-electron chi connectivity index (χ3n) is 5.42. The second-order valence-corrected chi connectivity index (χ2v) is 7.62. The van der Waals surface area contributed by atoms with E-state index in [9.17, 15) is 9.90 Å². The number of benzene rings is 1. The Labute approximate surface area is 183 Å². The largest absolute Gasteiger partial charge is 0.487 e. The van der Waals surface area contributed by atoms with Gasteiger partial charge in [0.1, 0.15) is 29.9 Å². The molecule has 6 heteroatoms. The predicted octanol–water partition coefficient (Wildman–Crippen LogP) is 5.15. The van der Waals surface area contributed by atoms with E-state index in [-0.39, 0.29) is 0 Å². The lowest BCUT2D eigenvalue weighted by molar-refractivity contribution is -0.144. The first-order valence-electron chi connectivity index (χ1n) is 10.6. The minimum absolute atomic E-state index is 0.294. The number of carboxylic acid groups (broad SMARTS) is 1. The maximum atomic E-state index is 11.5. The van der Waals surface area contributed by atoms with Gasteiger partial charge >= 0.3 is 5.97 Å². The zero-order valence-corrected chi connectivity index (χ0v) is 18.2. The highest BCUT2D eigenvalue weighted by molar-refractivity contribution is 5.73. The number of hydrogen-bond acceptors (Lipinski definition) is 5. The molecule has 0 radical (unpaired) electrons. The molecule has 0 bridgehead atoms. The van der Waals surface area contributed by atoms with Gasteiger partial charge in [0.15, 0.2) is 0 Å². The minimum Gasteiger partial charge on any atom is -0.487 e. The van der Waals surface area contributed by atoms with Gasteiger partial charge in [-0.3, -0.25) is 9.69 Å². The van der Waals surface area contributed by atoms with Gasteiger partial charge in [-0.1, -0.05) is 43.4 Å². The molecule has 1 unspecified atom stereocenters. The Morgan fingerprint density at radius 1 is 1.42 bits per heavy atom. The highest BCUT2D eigenvalue weighted by Crippen LogP contribution is 2.24. The summed E-state index contributed by atoms with van der Waals surface area (Å²) in [7, 11) is 0. The van der Waals surface area contributed by atoms with Crippen molar-refractivity contribution in [2.45, 2.75) is 52.3 Å². The maximum absolute atomic E-state index is 11.5. The molecule has 0 amide bonds. The van der Waals surface area contributed by atoms with Gasteiger partial charge in [0.25, 0.3) is 0 Å². The van der Waals surface area contributed by atoms with Crippen molar-refractivity contribution in [1.29, 1.82) is 0 Å². The van der Waals surface area contributed by atoms with E-state index in [2.05, 4.69) is 11.6 Å². The zero-order chi connectivity index (χ0) is 22.2. The van der Waals surface area contributed by atoms with Crippen LogP contribution in [0.2, 0.25) is 0 Å². The summed E-state index contributed by atoms with van der Waals surface area (Å²) >= 11 is 0. The number of allylic oxidation sites excluding steroid dienone is 5. The van der Waals surface area contributed by atoms with Crippen LogP contribution < -0.4 is 4.74 Å². The van der Waals surface area contributed by atoms with Crippen LogP contribution in [0, 0.1) is 6.92 Å². The minimum atomic E-state index is -0.743. The second-order valence-electron chi connectivity index (χ2n) is 7.62. The molecule has 1 saturated heterocycles. The number of aromatic nitrogens is 1. The number of piperidine rings is 1. The molecule has 1 aromatic carbocycles. The van der Waals surface area contributed by atoms with Gasteiger partial charge < -0.3 is 14.3 Å². The number of rotatable bonds is 9. The number of aryl methyl sites for hydroxylation is 1. The molecular formula is C25H30N2O4. The summed E-state index contributed by atoms with van der Waals surface area (Å²) in [6.07, 6.45) is 10.1. The Morgan fingerprint density at radius 3 is 3.00 bits per heavy atom. The summed E-state index contributed by atoms with van der Waals surface area (Å²) in [5.41, 5.74) is 2.66. The van der Waals surface area contributed by atoms with Gasteiger partial charge in [0, 0.05) is 12.1 Å². The van der Waals surface area contributed by atoms with Gasteiger partial charge in [0.2, 0.25) is 5.89 Å². The van der Waals surface area contributed by atoms with Crippen LogP contribution in [0.4, 0.5) is 0 Å². The molecular weight excluding hydrogens is 392 g/mol. The summed E-state index contributed by atoms with van der Waals surface area (Å²) < 4.78 is 11.8. The first-order valence-corrected chi connectivity index (χ1v) is 10.6. The van der Waals surface area contributed by atoms with Crippen molar-refractivity contribution in [3.05, 3.63) is 78.1 Å². The first-order chi connectivity index (χ1) is 15.0. The summed E-state index contributed by atoms with van der Waals surface area (Å²) in [5.74, 6) is 1.25.